The van der Waals surface area contributed by atoms with Crippen molar-refractivity contribution in [2.45, 2.75) is 74.7 Å². The highest BCUT2D eigenvalue weighted by Crippen LogP contribution is 2.08. The largest absolute Gasteiger partial charge is 0.381 e. The van der Waals surface area contributed by atoms with Gasteiger partial charge >= 0.3 is 0 Å². The van der Waals surface area contributed by atoms with Gasteiger partial charge in [-0.25, -0.2) is 0 Å². The Balaban J connectivity index is 0. The first-order valence-corrected chi connectivity index (χ1v) is 7.83. The highest BCUT2D eigenvalue weighted by atomic mass is 16.5. The Bertz CT molecular complexity index is 132. The summed E-state index contributed by atoms with van der Waals surface area (Å²) in [4.78, 5) is 0. The van der Waals surface area contributed by atoms with Gasteiger partial charge in [0.15, 0.2) is 0 Å². The predicted octanol–water partition coefficient (Wildman–Crippen LogP) is 5.78. The van der Waals surface area contributed by atoms with Crippen molar-refractivity contribution >= 4 is 0 Å². The second-order valence-electron chi connectivity index (χ2n) is 7.03. The van der Waals surface area contributed by atoms with Crippen molar-refractivity contribution in [1.29, 1.82) is 0 Å². The topological polar surface area (TPSA) is 9.23 Å². The quantitative estimate of drug-likeness (QED) is 0.501. The molecule has 0 radical (unpaired) electrons. The molecule has 0 atom stereocenters. The molecule has 0 aliphatic heterocycles. The maximum atomic E-state index is 5.45. The zero-order valence-electron chi connectivity index (χ0n) is 14.3. The summed E-state index contributed by atoms with van der Waals surface area (Å²) in [6.45, 7) is 19.8. The average molecular weight is 258 g/mol. The Hall–Kier alpha value is -0.0400. The van der Waals surface area contributed by atoms with Gasteiger partial charge in [-0.2, -0.15) is 0 Å². The van der Waals surface area contributed by atoms with E-state index in [-0.39, 0.29) is 0 Å². The number of hydrogen-bond donors (Lipinski definition) is 0. The SMILES string of the molecule is CC(C)CC(C)C.CC(C)CCCOCC(C)C. The van der Waals surface area contributed by atoms with Crippen LogP contribution in [0.3, 0.4) is 0 Å². The molecule has 0 rings (SSSR count). The van der Waals surface area contributed by atoms with E-state index >= 15 is 0 Å². The van der Waals surface area contributed by atoms with Crippen molar-refractivity contribution < 1.29 is 4.74 Å². The zero-order chi connectivity index (χ0) is 14.6. The van der Waals surface area contributed by atoms with Crippen molar-refractivity contribution in [1.82, 2.24) is 0 Å². The maximum Gasteiger partial charge on any atom is 0.0488 e. The van der Waals surface area contributed by atoms with E-state index in [9.17, 15) is 0 Å². The molecule has 0 spiro atoms. The van der Waals surface area contributed by atoms with Crippen LogP contribution in [0.15, 0.2) is 0 Å². The van der Waals surface area contributed by atoms with E-state index in [1.165, 1.54) is 19.3 Å². The van der Waals surface area contributed by atoms with Crippen LogP contribution in [-0.4, -0.2) is 13.2 Å². The van der Waals surface area contributed by atoms with Gasteiger partial charge in [0.05, 0.1) is 0 Å². The minimum absolute atomic E-state index is 0.675. The summed E-state index contributed by atoms with van der Waals surface area (Å²) < 4.78 is 5.45. The van der Waals surface area contributed by atoms with Crippen molar-refractivity contribution in [3.8, 4) is 0 Å². The summed E-state index contributed by atoms with van der Waals surface area (Å²) in [5, 5.41) is 0. The highest BCUT2D eigenvalue weighted by Gasteiger charge is 1.96. The lowest BCUT2D eigenvalue weighted by atomic mass is 10.0. The van der Waals surface area contributed by atoms with E-state index in [2.05, 4.69) is 55.4 Å². The van der Waals surface area contributed by atoms with E-state index < -0.39 is 0 Å². The molecule has 1 nitrogen and oxygen atoms in total. The van der Waals surface area contributed by atoms with Gasteiger partial charge in [-0.05, 0) is 42.9 Å². The molecule has 0 aliphatic rings. The summed E-state index contributed by atoms with van der Waals surface area (Å²) in [7, 11) is 0. The Kier molecular flexibility index (Phi) is 15.1. The van der Waals surface area contributed by atoms with Crippen LogP contribution in [0.5, 0.6) is 0 Å². The molecule has 0 aliphatic carbocycles. The van der Waals surface area contributed by atoms with Gasteiger partial charge in [-0.15, -0.1) is 0 Å². The Morgan fingerprint density at radius 1 is 0.667 bits per heavy atom. The summed E-state index contributed by atoms with van der Waals surface area (Å²) in [6.07, 6.45) is 3.86. The van der Waals surface area contributed by atoms with Crippen LogP contribution >= 0.6 is 0 Å². The van der Waals surface area contributed by atoms with Gasteiger partial charge in [0.1, 0.15) is 0 Å². The number of rotatable bonds is 8. The van der Waals surface area contributed by atoms with Gasteiger partial charge in [-0.1, -0.05) is 55.4 Å². The third-order valence-corrected chi connectivity index (χ3v) is 2.46. The van der Waals surface area contributed by atoms with Crippen LogP contribution in [-0.2, 0) is 4.74 Å². The fourth-order valence-corrected chi connectivity index (χ4v) is 1.86. The van der Waals surface area contributed by atoms with Crippen LogP contribution in [0.1, 0.15) is 74.7 Å². The molecule has 0 aromatic rings. The third-order valence-electron chi connectivity index (χ3n) is 2.46. The minimum atomic E-state index is 0.675. The number of ether oxygens (including phenoxy) is 1. The Labute approximate surface area is 117 Å². The van der Waals surface area contributed by atoms with E-state index in [1.54, 1.807) is 0 Å². The first kappa shape index (κ1) is 20.3. The average Bonchev–Trinajstić information content (AvgIpc) is 2.14. The highest BCUT2D eigenvalue weighted by molar-refractivity contribution is 4.47. The van der Waals surface area contributed by atoms with Gasteiger partial charge in [0.25, 0.3) is 0 Å². The van der Waals surface area contributed by atoms with E-state index in [4.69, 9.17) is 4.74 Å². The smallest absolute Gasteiger partial charge is 0.0488 e. The maximum absolute atomic E-state index is 5.45. The molecule has 0 heterocycles. The van der Waals surface area contributed by atoms with Crippen LogP contribution in [0, 0.1) is 23.7 Å². The normalized spacial score (nSPS) is 11.3. The van der Waals surface area contributed by atoms with E-state index in [0.717, 1.165) is 31.0 Å². The fourth-order valence-electron chi connectivity index (χ4n) is 1.86. The molecule has 112 valence electrons. The van der Waals surface area contributed by atoms with Gasteiger partial charge in [-0.3, -0.25) is 0 Å². The third kappa shape index (κ3) is 25.0. The molecule has 1 heteroatoms. The van der Waals surface area contributed by atoms with E-state index in [0.29, 0.717) is 5.92 Å². The van der Waals surface area contributed by atoms with Crippen molar-refractivity contribution in [2.24, 2.45) is 23.7 Å². The first-order chi connectivity index (χ1) is 8.25. The summed E-state index contributed by atoms with van der Waals surface area (Å²) in [6, 6.07) is 0. The molecule has 0 aromatic heterocycles. The van der Waals surface area contributed by atoms with Crippen LogP contribution in [0.25, 0.3) is 0 Å². The molecule has 0 saturated heterocycles. The lowest BCUT2D eigenvalue weighted by Crippen LogP contribution is -2.03. The standard InChI is InChI=1S/C10H22O.C7H16/c1-9(2)6-5-7-11-8-10(3)4;1-6(2)5-7(3)4/h9-10H,5-8H2,1-4H3;6-7H,5H2,1-4H3. The molecule has 0 saturated carbocycles. The lowest BCUT2D eigenvalue weighted by Gasteiger charge is -2.07. The zero-order valence-corrected chi connectivity index (χ0v) is 14.3. The molecular formula is C17H38O. The van der Waals surface area contributed by atoms with Crippen LogP contribution in [0.2, 0.25) is 0 Å². The van der Waals surface area contributed by atoms with Crippen molar-refractivity contribution in [3.63, 3.8) is 0 Å². The Morgan fingerprint density at radius 2 is 1.17 bits per heavy atom. The second-order valence-corrected chi connectivity index (χ2v) is 7.03. The molecule has 0 N–H and O–H groups in total. The first-order valence-electron chi connectivity index (χ1n) is 7.83. The summed E-state index contributed by atoms with van der Waals surface area (Å²) in [5.74, 6) is 3.24. The number of hydrogen-bond acceptors (Lipinski definition) is 1. The molecular weight excluding hydrogens is 220 g/mol. The van der Waals surface area contributed by atoms with Crippen molar-refractivity contribution in [3.05, 3.63) is 0 Å². The minimum Gasteiger partial charge on any atom is -0.381 e. The molecule has 18 heavy (non-hydrogen) atoms. The molecule has 0 bridgehead atoms. The lowest BCUT2D eigenvalue weighted by molar-refractivity contribution is 0.105. The fraction of sp³-hybridized carbons (Fsp3) is 1.00. The summed E-state index contributed by atoms with van der Waals surface area (Å²) >= 11 is 0. The van der Waals surface area contributed by atoms with Gasteiger partial charge in [0.2, 0.25) is 0 Å². The Morgan fingerprint density at radius 3 is 1.44 bits per heavy atom. The van der Waals surface area contributed by atoms with Gasteiger partial charge in [0, 0.05) is 13.2 Å². The molecule has 0 unspecified atom stereocenters. The van der Waals surface area contributed by atoms with E-state index in [1.807, 2.05) is 0 Å². The molecule has 0 amide bonds. The summed E-state index contributed by atoms with van der Waals surface area (Å²) in [5.41, 5.74) is 0. The van der Waals surface area contributed by atoms with Crippen molar-refractivity contribution in [2.75, 3.05) is 13.2 Å². The molecule has 0 aromatic carbocycles. The monoisotopic (exact) mass is 258 g/mol. The van der Waals surface area contributed by atoms with Crippen LogP contribution < -0.4 is 0 Å². The second kappa shape index (κ2) is 13.4. The molecule has 0 fully saturated rings. The predicted molar refractivity (Wildman–Crippen MR) is 84.0 cm³/mol. The van der Waals surface area contributed by atoms with Crippen LogP contribution in [0.4, 0.5) is 0 Å². The van der Waals surface area contributed by atoms with Gasteiger partial charge < -0.3 is 4.74 Å².